The van der Waals surface area contributed by atoms with Crippen molar-refractivity contribution in [3.05, 3.63) is 29.6 Å². The molecule has 1 aliphatic carbocycles. The molecule has 0 aromatic heterocycles. The van der Waals surface area contributed by atoms with Gasteiger partial charge in [-0.15, -0.1) is 0 Å². The first-order chi connectivity index (χ1) is 8.58. The summed E-state index contributed by atoms with van der Waals surface area (Å²) in [5, 5.41) is 12.2. The summed E-state index contributed by atoms with van der Waals surface area (Å²) in [6.45, 7) is 1.89. The second-order valence-corrected chi connectivity index (χ2v) is 4.84. The van der Waals surface area contributed by atoms with Crippen molar-refractivity contribution in [3.8, 4) is 11.8 Å². The van der Waals surface area contributed by atoms with E-state index in [1.807, 2.05) is 6.92 Å². The number of hydrogen-bond donors (Lipinski definition) is 1. The molecule has 1 N–H and O–H groups in total. The number of nitrogens with zero attached hydrogens (tertiary/aromatic N) is 1. The fourth-order valence-corrected chi connectivity index (χ4v) is 2.37. The number of nitrogens with one attached hydrogen (secondary N) is 1. The van der Waals surface area contributed by atoms with Crippen molar-refractivity contribution < 1.29 is 9.13 Å². The molecule has 4 heteroatoms. The van der Waals surface area contributed by atoms with Crippen LogP contribution in [-0.2, 0) is 0 Å². The number of benzene rings is 1. The molecule has 0 spiro atoms. The third kappa shape index (κ3) is 2.46. The van der Waals surface area contributed by atoms with E-state index in [1.54, 1.807) is 13.1 Å². The van der Waals surface area contributed by atoms with Gasteiger partial charge >= 0.3 is 0 Å². The molecule has 3 nitrogen and oxygen atoms in total. The number of nitriles is 1. The Kier molecular flexibility index (Phi) is 3.53. The first-order valence-corrected chi connectivity index (χ1v) is 6.11. The van der Waals surface area contributed by atoms with Crippen molar-refractivity contribution in [2.75, 3.05) is 7.05 Å². The van der Waals surface area contributed by atoms with Gasteiger partial charge in [-0.25, -0.2) is 4.39 Å². The van der Waals surface area contributed by atoms with E-state index in [0.29, 0.717) is 12.2 Å². The molecule has 1 fully saturated rings. The zero-order valence-corrected chi connectivity index (χ0v) is 10.7. The predicted molar refractivity (Wildman–Crippen MR) is 66.8 cm³/mol. The van der Waals surface area contributed by atoms with E-state index in [4.69, 9.17) is 4.74 Å². The topological polar surface area (TPSA) is 45.0 Å². The summed E-state index contributed by atoms with van der Waals surface area (Å²) in [7, 11) is 1.79. The van der Waals surface area contributed by atoms with Crippen molar-refractivity contribution >= 4 is 0 Å². The first-order valence-electron chi connectivity index (χ1n) is 6.11. The zero-order chi connectivity index (χ0) is 13.2. The standard InChI is InChI=1S/C14H17FN2O/c1-10-3-4-11(15)7-13(10)18-12-5-6-14(8-12,9-16)17-2/h3-4,7,12,17H,5-6,8H2,1-2H3. The third-order valence-electron chi connectivity index (χ3n) is 3.61. The molecule has 1 aliphatic rings. The van der Waals surface area contributed by atoms with E-state index in [-0.39, 0.29) is 11.9 Å². The first kappa shape index (κ1) is 12.8. The Bertz CT molecular complexity index is 483. The van der Waals surface area contributed by atoms with Crippen molar-refractivity contribution in [3.63, 3.8) is 0 Å². The molecule has 0 aliphatic heterocycles. The van der Waals surface area contributed by atoms with Crippen LogP contribution in [0.15, 0.2) is 18.2 Å². The monoisotopic (exact) mass is 248 g/mol. The highest BCUT2D eigenvalue weighted by Crippen LogP contribution is 2.33. The van der Waals surface area contributed by atoms with Crippen LogP contribution in [0.1, 0.15) is 24.8 Å². The molecule has 0 bridgehead atoms. The maximum Gasteiger partial charge on any atom is 0.126 e. The van der Waals surface area contributed by atoms with Gasteiger partial charge in [-0.2, -0.15) is 5.26 Å². The second-order valence-electron chi connectivity index (χ2n) is 4.84. The maximum absolute atomic E-state index is 13.2. The van der Waals surface area contributed by atoms with Gasteiger partial charge < -0.3 is 10.1 Å². The highest BCUT2D eigenvalue weighted by Gasteiger charge is 2.39. The van der Waals surface area contributed by atoms with E-state index in [2.05, 4.69) is 11.4 Å². The molecule has 0 radical (unpaired) electrons. The van der Waals surface area contributed by atoms with Gasteiger partial charge in [-0.05, 0) is 38.4 Å². The Labute approximate surface area is 107 Å². The lowest BCUT2D eigenvalue weighted by Crippen LogP contribution is -2.39. The van der Waals surface area contributed by atoms with Gasteiger partial charge in [0.2, 0.25) is 0 Å². The molecule has 0 heterocycles. The molecule has 0 saturated heterocycles. The minimum atomic E-state index is -0.494. The van der Waals surface area contributed by atoms with Crippen molar-refractivity contribution in [1.29, 1.82) is 5.26 Å². The number of ether oxygens (including phenoxy) is 1. The molecule has 2 rings (SSSR count). The summed E-state index contributed by atoms with van der Waals surface area (Å²) in [5.74, 6) is 0.276. The SMILES string of the molecule is CNC1(C#N)CCC(Oc2cc(F)ccc2C)C1. The average molecular weight is 248 g/mol. The maximum atomic E-state index is 13.2. The zero-order valence-electron chi connectivity index (χ0n) is 10.7. The van der Waals surface area contributed by atoms with Crippen LogP contribution >= 0.6 is 0 Å². The van der Waals surface area contributed by atoms with E-state index < -0.39 is 5.54 Å². The Morgan fingerprint density at radius 2 is 2.33 bits per heavy atom. The fraction of sp³-hybridized carbons (Fsp3) is 0.500. The largest absolute Gasteiger partial charge is 0.490 e. The number of hydrogen-bond acceptors (Lipinski definition) is 3. The minimum absolute atomic E-state index is 0.0300. The quantitative estimate of drug-likeness (QED) is 0.894. The summed E-state index contributed by atoms with van der Waals surface area (Å²) in [5.41, 5.74) is 0.418. The lowest BCUT2D eigenvalue weighted by molar-refractivity contribution is 0.200. The van der Waals surface area contributed by atoms with Gasteiger partial charge in [0.1, 0.15) is 23.2 Å². The van der Waals surface area contributed by atoms with Gasteiger partial charge in [0.15, 0.2) is 0 Å². The molecule has 18 heavy (non-hydrogen) atoms. The Morgan fingerprint density at radius 1 is 1.56 bits per heavy atom. The lowest BCUT2D eigenvalue weighted by atomic mass is 10.0. The van der Waals surface area contributed by atoms with Gasteiger partial charge in [0.25, 0.3) is 0 Å². The van der Waals surface area contributed by atoms with Gasteiger partial charge in [-0.3, -0.25) is 0 Å². The molecule has 2 unspecified atom stereocenters. The van der Waals surface area contributed by atoms with Gasteiger partial charge in [0.05, 0.1) is 6.07 Å². The summed E-state index contributed by atoms with van der Waals surface area (Å²) in [4.78, 5) is 0. The molecule has 1 saturated carbocycles. The molecule has 2 atom stereocenters. The summed E-state index contributed by atoms with van der Waals surface area (Å²) < 4.78 is 19.0. The Hall–Kier alpha value is -1.60. The normalized spacial score (nSPS) is 26.9. The fourth-order valence-electron chi connectivity index (χ4n) is 2.37. The smallest absolute Gasteiger partial charge is 0.126 e. The lowest BCUT2D eigenvalue weighted by Gasteiger charge is -2.20. The van der Waals surface area contributed by atoms with Crippen LogP contribution in [0, 0.1) is 24.1 Å². The van der Waals surface area contributed by atoms with E-state index >= 15 is 0 Å². The number of halogens is 1. The molecule has 96 valence electrons. The van der Waals surface area contributed by atoms with E-state index in [1.165, 1.54) is 12.1 Å². The van der Waals surface area contributed by atoms with Crippen LogP contribution in [0.5, 0.6) is 5.75 Å². The minimum Gasteiger partial charge on any atom is -0.490 e. The van der Waals surface area contributed by atoms with Crippen LogP contribution in [0.3, 0.4) is 0 Å². The van der Waals surface area contributed by atoms with Crippen LogP contribution in [0.2, 0.25) is 0 Å². The van der Waals surface area contributed by atoms with Crippen LogP contribution in [0.25, 0.3) is 0 Å². The van der Waals surface area contributed by atoms with Crippen LogP contribution < -0.4 is 10.1 Å². The predicted octanol–water partition coefficient (Wildman–Crippen LogP) is 2.55. The average Bonchev–Trinajstić information content (AvgIpc) is 2.78. The van der Waals surface area contributed by atoms with Gasteiger partial charge in [0, 0.05) is 12.5 Å². The molecule has 0 amide bonds. The highest BCUT2D eigenvalue weighted by atomic mass is 19.1. The summed E-state index contributed by atoms with van der Waals surface area (Å²) in [6.07, 6.45) is 2.18. The molecule has 1 aromatic carbocycles. The van der Waals surface area contributed by atoms with E-state index in [0.717, 1.165) is 18.4 Å². The van der Waals surface area contributed by atoms with Crippen molar-refractivity contribution in [2.24, 2.45) is 0 Å². The van der Waals surface area contributed by atoms with Gasteiger partial charge in [-0.1, -0.05) is 6.07 Å². The summed E-state index contributed by atoms with van der Waals surface area (Å²) >= 11 is 0. The molecule has 1 aromatic rings. The van der Waals surface area contributed by atoms with Crippen LogP contribution in [0.4, 0.5) is 4.39 Å². The number of aryl methyl sites for hydroxylation is 1. The van der Waals surface area contributed by atoms with Crippen molar-refractivity contribution in [1.82, 2.24) is 5.32 Å². The Morgan fingerprint density at radius 3 is 2.94 bits per heavy atom. The molecular formula is C14H17FN2O. The van der Waals surface area contributed by atoms with E-state index in [9.17, 15) is 9.65 Å². The van der Waals surface area contributed by atoms with Crippen molar-refractivity contribution in [2.45, 2.75) is 37.8 Å². The third-order valence-corrected chi connectivity index (χ3v) is 3.61. The second kappa shape index (κ2) is 4.95. The Balaban J connectivity index is 2.08. The molecular weight excluding hydrogens is 231 g/mol. The summed E-state index contributed by atoms with van der Waals surface area (Å²) in [6, 6.07) is 6.83. The number of rotatable bonds is 3. The highest BCUT2D eigenvalue weighted by molar-refractivity contribution is 5.33. The van der Waals surface area contributed by atoms with Crippen LogP contribution in [-0.4, -0.2) is 18.7 Å².